The van der Waals surface area contributed by atoms with Crippen LogP contribution in [0.2, 0.25) is 5.02 Å². The van der Waals surface area contributed by atoms with E-state index in [1.807, 2.05) is 49.4 Å². The highest BCUT2D eigenvalue weighted by Gasteiger charge is 2.03. The van der Waals surface area contributed by atoms with Gasteiger partial charge in [-0.1, -0.05) is 41.9 Å². The number of pyridine rings is 1. The average Bonchev–Trinajstić information content (AvgIpc) is 2.46. The first-order valence-corrected chi connectivity index (χ1v) is 6.95. The van der Waals surface area contributed by atoms with Crippen molar-refractivity contribution in [2.45, 2.75) is 13.5 Å². The van der Waals surface area contributed by atoms with Crippen LogP contribution in [0.15, 0.2) is 54.6 Å². The molecule has 3 rings (SSSR count). The van der Waals surface area contributed by atoms with E-state index in [1.165, 1.54) is 5.56 Å². The second-order valence-corrected chi connectivity index (χ2v) is 5.22. The Morgan fingerprint density at radius 1 is 1.05 bits per heavy atom. The van der Waals surface area contributed by atoms with Gasteiger partial charge in [0.15, 0.2) is 0 Å². The zero-order chi connectivity index (χ0) is 13.9. The van der Waals surface area contributed by atoms with Crippen molar-refractivity contribution in [3.05, 3.63) is 70.9 Å². The summed E-state index contributed by atoms with van der Waals surface area (Å²) in [6.45, 7) is 2.75. The Morgan fingerprint density at radius 2 is 1.85 bits per heavy atom. The first-order valence-electron chi connectivity index (χ1n) is 6.57. The molecule has 1 aromatic heterocycles. The van der Waals surface area contributed by atoms with Gasteiger partial charge >= 0.3 is 0 Å². The molecule has 0 unspecified atom stereocenters. The van der Waals surface area contributed by atoms with Gasteiger partial charge < -0.3 is 5.32 Å². The van der Waals surface area contributed by atoms with Gasteiger partial charge in [0.05, 0.1) is 10.5 Å². The Kier molecular flexibility index (Phi) is 3.57. The second kappa shape index (κ2) is 5.51. The van der Waals surface area contributed by atoms with E-state index >= 15 is 0 Å². The number of rotatable bonds is 3. The zero-order valence-corrected chi connectivity index (χ0v) is 12.0. The molecule has 0 saturated carbocycles. The quantitative estimate of drug-likeness (QED) is 0.746. The van der Waals surface area contributed by atoms with E-state index < -0.39 is 0 Å². The van der Waals surface area contributed by atoms with Crippen molar-refractivity contribution in [1.29, 1.82) is 0 Å². The standard InChI is InChI=1S/C17H15ClN2/c1-12-9-16(18)15-10-14(7-8-17(15)20-12)19-11-13-5-3-2-4-6-13/h2-10,19H,11H2,1H3. The molecule has 0 saturated heterocycles. The van der Waals surface area contributed by atoms with E-state index in [9.17, 15) is 0 Å². The molecule has 20 heavy (non-hydrogen) atoms. The van der Waals surface area contributed by atoms with Gasteiger partial charge in [-0.25, -0.2) is 0 Å². The highest BCUT2D eigenvalue weighted by Crippen LogP contribution is 2.26. The van der Waals surface area contributed by atoms with E-state index in [-0.39, 0.29) is 0 Å². The van der Waals surface area contributed by atoms with E-state index in [1.54, 1.807) is 0 Å². The van der Waals surface area contributed by atoms with Crippen LogP contribution in [-0.4, -0.2) is 4.98 Å². The van der Waals surface area contributed by atoms with Crippen LogP contribution in [0.25, 0.3) is 10.9 Å². The first kappa shape index (κ1) is 12.9. The molecule has 0 aliphatic carbocycles. The number of halogens is 1. The monoisotopic (exact) mass is 282 g/mol. The molecule has 3 heteroatoms. The molecule has 0 atom stereocenters. The van der Waals surface area contributed by atoms with Crippen LogP contribution in [0.5, 0.6) is 0 Å². The molecule has 0 aliphatic rings. The fourth-order valence-corrected chi connectivity index (χ4v) is 2.53. The molecular formula is C17H15ClN2. The van der Waals surface area contributed by atoms with Crippen LogP contribution in [-0.2, 0) is 6.54 Å². The lowest BCUT2D eigenvalue weighted by Crippen LogP contribution is -1.99. The Labute approximate surface area is 123 Å². The van der Waals surface area contributed by atoms with Crippen LogP contribution < -0.4 is 5.32 Å². The van der Waals surface area contributed by atoms with Crippen LogP contribution in [0, 0.1) is 6.92 Å². The zero-order valence-electron chi connectivity index (χ0n) is 11.2. The molecule has 0 amide bonds. The number of aromatic nitrogens is 1. The first-order chi connectivity index (χ1) is 9.72. The van der Waals surface area contributed by atoms with Crippen LogP contribution in [0.4, 0.5) is 5.69 Å². The number of aryl methyl sites for hydroxylation is 1. The van der Waals surface area contributed by atoms with Crippen molar-refractivity contribution in [1.82, 2.24) is 4.98 Å². The van der Waals surface area contributed by atoms with Crippen molar-refractivity contribution in [2.24, 2.45) is 0 Å². The Morgan fingerprint density at radius 3 is 2.65 bits per heavy atom. The predicted molar refractivity (Wildman–Crippen MR) is 85.3 cm³/mol. The van der Waals surface area contributed by atoms with Crippen LogP contribution >= 0.6 is 11.6 Å². The third-order valence-electron chi connectivity index (χ3n) is 3.23. The molecule has 2 nitrogen and oxygen atoms in total. The van der Waals surface area contributed by atoms with Crippen molar-refractivity contribution >= 4 is 28.2 Å². The fourth-order valence-electron chi connectivity index (χ4n) is 2.22. The molecule has 1 N–H and O–H groups in total. The normalized spacial score (nSPS) is 10.7. The molecule has 0 spiro atoms. The number of fused-ring (bicyclic) bond motifs is 1. The van der Waals surface area contributed by atoms with Gasteiger partial charge in [0.2, 0.25) is 0 Å². The van der Waals surface area contributed by atoms with Crippen LogP contribution in [0.3, 0.4) is 0 Å². The lowest BCUT2D eigenvalue weighted by Gasteiger charge is -2.09. The molecule has 1 heterocycles. The van der Waals surface area contributed by atoms with Gasteiger partial charge in [-0.15, -0.1) is 0 Å². The topological polar surface area (TPSA) is 24.9 Å². The Balaban J connectivity index is 1.86. The summed E-state index contributed by atoms with van der Waals surface area (Å²) in [6, 6.07) is 18.3. The third-order valence-corrected chi connectivity index (χ3v) is 3.54. The number of benzene rings is 2. The molecule has 3 aromatic rings. The lowest BCUT2D eigenvalue weighted by atomic mass is 10.1. The largest absolute Gasteiger partial charge is 0.381 e. The third kappa shape index (κ3) is 2.75. The maximum atomic E-state index is 6.28. The Bertz CT molecular complexity index is 739. The summed E-state index contributed by atoms with van der Waals surface area (Å²) < 4.78 is 0. The lowest BCUT2D eigenvalue weighted by molar-refractivity contribution is 1.15. The van der Waals surface area contributed by atoms with E-state index in [4.69, 9.17) is 11.6 Å². The van der Waals surface area contributed by atoms with Gasteiger partial charge in [-0.2, -0.15) is 0 Å². The highest BCUT2D eigenvalue weighted by atomic mass is 35.5. The summed E-state index contributed by atoms with van der Waals surface area (Å²) in [6.07, 6.45) is 0. The van der Waals surface area contributed by atoms with Crippen molar-refractivity contribution in [2.75, 3.05) is 5.32 Å². The highest BCUT2D eigenvalue weighted by molar-refractivity contribution is 6.35. The van der Waals surface area contributed by atoms with E-state index in [2.05, 4.69) is 22.4 Å². The van der Waals surface area contributed by atoms with E-state index in [0.29, 0.717) is 0 Å². The maximum Gasteiger partial charge on any atom is 0.0721 e. The summed E-state index contributed by atoms with van der Waals surface area (Å²) in [5.41, 5.74) is 4.17. The minimum Gasteiger partial charge on any atom is -0.381 e. The van der Waals surface area contributed by atoms with Gasteiger partial charge in [-0.3, -0.25) is 4.98 Å². The number of anilines is 1. The second-order valence-electron chi connectivity index (χ2n) is 4.82. The molecule has 0 aliphatic heterocycles. The number of nitrogens with zero attached hydrogens (tertiary/aromatic N) is 1. The smallest absolute Gasteiger partial charge is 0.0721 e. The minimum atomic E-state index is 0.746. The summed E-state index contributed by atoms with van der Waals surface area (Å²) in [4.78, 5) is 4.48. The molecule has 0 fully saturated rings. The summed E-state index contributed by atoms with van der Waals surface area (Å²) in [5, 5.41) is 5.14. The summed E-state index contributed by atoms with van der Waals surface area (Å²) in [5.74, 6) is 0. The van der Waals surface area contributed by atoms with Crippen LogP contribution in [0.1, 0.15) is 11.3 Å². The molecule has 0 bridgehead atoms. The fraction of sp³-hybridized carbons (Fsp3) is 0.118. The summed E-state index contributed by atoms with van der Waals surface area (Å²) >= 11 is 6.28. The van der Waals surface area contributed by atoms with Crippen molar-refractivity contribution in [3.8, 4) is 0 Å². The predicted octanol–water partition coefficient (Wildman–Crippen LogP) is 4.81. The van der Waals surface area contributed by atoms with E-state index in [0.717, 1.165) is 33.9 Å². The summed E-state index contributed by atoms with van der Waals surface area (Å²) in [7, 11) is 0. The molecule has 2 aromatic carbocycles. The van der Waals surface area contributed by atoms with Gasteiger partial charge in [0.25, 0.3) is 0 Å². The molecule has 100 valence electrons. The van der Waals surface area contributed by atoms with Gasteiger partial charge in [-0.05, 0) is 36.8 Å². The number of hydrogen-bond acceptors (Lipinski definition) is 2. The van der Waals surface area contributed by atoms with Crippen molar-refractivity contribution in [3.63, 3.8) is 0 Å². The molecule has 0 radical (unpaired) electrons. The maximum absolute atomic E-state index is 6.28. The average molecular weight is 283 g/mol. The van der Waals surface area contributed by atoms with Crippen molar-refractivity contribution < 1.29 is 0 Å². The number of hydrogen-bond donors (Lipinski definition) is 1. The minimum absolute atomic E-state index is 0.746. The SMILES string of the molecule is Cc1cc(Cl)c2cc(NCc3ccccc3)ccc2n1. The van der Waals surface area contributed by atoms with Gasteiger partial charge in [0.1, 0.15) is 0 Å². The Hall–Kier alpha value is -2.06. The molecular weight excluding hydrogens is 268 g/mol. The van der Waals surface area contributed by atoms with Gasteiger partial charge in [0, 0.05) is 23.3 Å². The number of nitrogens with one attached hydrogen (secondary N) is 1.